The van der Waals surface area contributed by atoms with E-state index in [4.69, 9.17) is 9.84 Å². The lowest BCUT2D eigenvalue weighted by Crippen LogP contribution is -2.34. The third kappa shape index (κ3) is 4.42. The Kier molecular flexibility index (Phi) is 6.51. The third-order valence-corrected chi connectivity index (χ3v) is 6.04. The fourth-order valence-corrected chi connectivity index (χ4v) is 4.42. The molecule has 0 bridgehead atoms. The quantitative estimate of drug-likeness (QED) is 0.540. The minimum atomic E-state index is 0.00462. The molecule has 1 aliphatic heterocycles. The van der Waals surface area contributed by atoms with E-state index >= 15 is 0 Å². The first-order valence-electron chi connectivity index (χ1n) is 11.0. The molecule has 31 heavy (non-hydrogen) atoms. The van der Waals surface area contributed by atoms with Crippen LogP contribution >= 0.6 is 0 Å². The van der Waals surface area contributed by atoms with Gasteiger partial charge in [-0.1, -0.05) is 6.07 Å². The van der Waals surface area contributed by atoms with Crippen molar-refractivity contribution in [3.05, 3.63) is 48.4 Å². The van der Waals surface area contributed by atoms with Crippen LogP contribution in [0.25, 0.3) is 10.9 Å². The third-order valence-electron chi connectivity index (χ3n) is 6.04. The fourth-order valence-electron chi connectivity index (χ4n) is 4.42. The van der Waals surface area contributed by atoms with E-state index in [2.05, 4.69) is 46.8 Å². The minimum absolute atomic E-state index is 0.00462. The number of anilines is 1. The topological polar surface area (TPSA) is 63.5 Å². The van der Waals surface area contributed by atoms with Gasteiger partial charge in [0, 0.05) is 56.4 Å². The molecule has 1 saturated heterocycles. The number of nitrogens with zero attached hydrogens (tertiary/aromatic N) is 5. The lowest BCUT2D eigenvalue weighted by Gasteiger charge is -2.29. The van der Waals surface area contributed by atoms with Crippen LogP contribution in [0.5, 0.6) is 5.75 Å². The first kappa shape index (κ1) is 21.3. The number of carbonyl (C=O) groups is 1. The van der Waals surface area contributed by atoms with E-state index < -0.39 is 0 Å². The molecule has 4 rings (SSSR count). The zero-order valence-electron chi connectivity index (χ0n) is 18.6. The molecule has 0 amide bonds. The molecular formula is C24H31N5O2. The van der Waals surface area contributed by atoms with Gasteiger partial charge in [0.1, 0.15) is 17.7 Å². The number of carbonyl (C=O) groups excluding carboxylic acids is 1. The molecule has 164 valence electrons. The highest BCUT2D eigenvalue weighted by Crippen LogP contribution is 2.36. The summed E-state index contributed by atoms with van der Waals surface area (Å²) >= 11 is 0. The average molecular weight is 422 g/mol. The largest absolute Gasteiger partial charge is 0.494 e. The van der Waals surface area contributed by atoms with E-state index in [1.165, 1.54) is 0 Å². The summed E-state index contributed by atoms with van der Waals surface area (Å²) in [5, 5.41) is 5.86. The van der Waals surface area contributed by atoms with Crippen LogP contribution in [0.3, 0.4) is 0 Å². The average Bonchev–Trinajstić information content (AvgIpc) is 3.16. The maximum atomic E-state index is 11.5. The number of aromatic nitrogens is 3. The summed E-state index contributed by atoms with van der Waals surface area (Å²) in [6.45, 7) is 7.74. The Balaban J connectivity index is 1.59. The number of methoxy groups -OCH3 is 1. The van der Waals surface area contributed by atoms with Crippen LogP contribution in [0, 0.1) is 0 Å². The minimum Gasteiger partial charge on any atom is -0.494 e. The summed E-state index contributed by atoms with van der Waals surface area (Å²) in [5.41, 5.74) is 2.99. The molecule has 1 aromatic carbocycles. The second-order valence-electron chi connectivity index (χ2n) is 8.30. The highest BCUT2D eigenvalue weighted by molar-refractivity contribution is 5.94. The van der Waals surface area contributed by atoms with Gasteiger partial charge in [-0.2, -0.15) is 5.10 Å². The monoisotopic (exact) mass is 421 g/mol. The van der Waals surface area contributed by atoms with Crippen LogP contribution in [0.2, 0.25) is 0 Å². The van der Waals surface area contributed by atoms with Crippen LogP contribution in [0.15, 0.2) is 42.7 Å². The number of hydrogen-bond acceptors (Lipinski definition) is 6. The Morgan fingerprint density at radius 3 is 2.74 bits per heavy atom. The summed E-state index contributed by atoms with van der Waals surface area (Å²) in [6.07, 6.45) is 6.30. The van der Waals surface area contributed by atoms with Crippen molar-refractivity contribution in [1.29, 1.82) is 0 Å². The summed E-state index contributed by atoms with van der Waals surface area (Å²) < 4.78 is 7.66. The maximum absolute atomic E-state index is 11.5. The summed E-state index contributed by atoms with van der Waals surface area (Å²) in [7, 11) is 1.71. The summed E-state index contributed by atoms with van der Waals surface area (Å²) in [5.74, 6) is 0.847. The van der Waals surface area contributed by atoms with Crippen LogP contribution in [0.4, 0.5) is 5.69 Å². The van der Waals surface area contributed by atoms with E-state index in [1.807, 2.05) is 29.2 Å². The van der Waals surface area contributed by atoms with Crippen molar-refractivity contribution < 1.29 is 9.53 Å². The molecule has 0 radical (unpaired) electrons. The summed E-state index contributed by atoms with van der Waals surface area (Å²) in [6, 6.07) is 10.5. The Labute approximate surface area is 183 Å². The highest BCUT2D eigenvalue weighted by Gasteiger charge is 2.27. The van der Waals surface area contributed by atoms with Crippen molar-refractivity contribution in [1.82, 2.24) is 19.7 Å². The van der Waals surface area contributed by atoms with Gasteiger partial charge < -0.3 is 14.4 Å². The maximum Gasteiger partial charge on any atom is 0.144 e. The van der Waals surface area contributed by atoms with E-state index in [0.717, 1.165) is 66.9 Å². The van der Waals surface area contributed by atoms with Crippen LogP contribution in [-0.4, -0.2) is 59.2 Å². The van der Waals surface area contributed by atoms with Gasteiger partial charge in [0.05, 0.1) is 24.4 Å². The van der Waals surface area contributed by atoms with Gasteiger partial charge in [-0.25, -0.2) is 0 Å². The number of ether oxygens (including phenoxy) is 1. The molecule has 0 N–H and O–H groups in total. The van der Waals surface area contributed by atoms with Gasteiger partial charge >= 0.3 is 0 Å². The van der Waals surface area contributed by atoms with E-state index in [1.54, 1.807) is 7.11 Å². The second-order valence-corrected chi connectivity index (χ2v) is 8.30. The van der Waals surface area contributed by atoms with Crippen molar-refractivity contribution in [2.75, 3.05) is 38.2 Å². The van der Waals surface area contributed by atoms with E-state index in [-0.39, 0.29) is 6.04 Å². The van der Waals surface area contributed by atoms with Crippen molar-refractivity contribution in [2.24, 2.45) is 0 Å². The number of fused-ring (bicyclic) bond motifs is 1. The molecule has 3 heterocycles. The van der Waals surface area contributed by atoms with Crippen LogP contribution in [0.1, 0.15) is 44.5 Å². The van der Waals surface area contributed by atoms with Crippen molar-refractivity contribution in [3.63, 3.8) is 0 Å². The Hall–Kier alpha value is -2.93. The second kappa shape index (κ2) is 9.47. The number of hydrogen-bond donors (Lipinski definition) is 0. The number of benzene rings is 1. The van der Waals surface area contributed by atoms with Gasteiger partial charge in [-0.05, 0) is 44.5 Å². The molecule has 0 saturated carbocycles. The predicted octanol–water partition coefficient (Wildman–Crippen LogP) is 3.86. The van der Waals surface area contributed by atoms with E-state index in [0.29, 0.717) is 12.5 Å². The highest BCUT2D eigenvalue weighted by atomic mass is 16.5. The van der Waals surface area contributed by atoms with Gasteiger partial charge in [0.15, 0.2) is 0 Å². The van der Waals surface area contributed by atoms with Gasteiger partial charge in [-0.3, -0.25) is 14.6 Å². The molecule has 7 heteroatoms. The predicted molar refractivity (Wildman–Crippen MR) is 123 cm³/mol. The Bertz CT molecular complexity index is 1030. The number of rotatable bonds is 7. The molecule has 0 aliphatic carbocycles. The molecular weight excluding hydrogens is 390 g/mol. The van der Waals surface area contributed by atoms with Gasteiger partial charge in [-0.15, -0.1) is 0 Å². The van der Waals surface area contributed by atoms with Gasteiger partial charge in [0.2, 0.25) is 0 Å². The SMILES string of the molecule is COc1ccc2cccnc2c1N1CCCN([C@@H](CC=O)c2ccn(C(C)C)n2)CC1. The molecule has 0 spiro atoms. The zero-order valence-corrected chi connectivity index (χ0v) is 18.6. The normalized spacial score (nSPS) is 16.5. The smallest absolute Gasteiger partial charge is 0.144 e. The lowest BCUT2D eigenvalue weighted by atomic mass is 10.1. The fraction of sp³-hybridized carbons (Fsp3) is 0.458. The summed E-state index contributed by atoms with van der Waals surface area (Å²) in [4.78, 5) is 20.9. The van der Waals surface area contributed by atoms with Gasteiger partial charge in [0.25, 0.3) is 0 Å². The Morgan fingerprint density at radius 2 is 2.00 bits per heavy atom. The van der Waals surface area contributed by atoms with Crippen molar-refractivity contribution in [3.8, 4) is 5.75 Å². The number of aldehydes is 1. The van der Waals surface area contributed by atoms with E-state index in [9.17, 15) is 4.79 Å². The van der Waals surface area contributed by atoms with Crippen molar-refractivity contribution in [2.45, 2.75) is 38.8 Å². The molecule has 0 unspecified atom stereocenters. The molecule has 7 nitrogen and oxygen atoms in total. The molecule has 1 atom stereocenters. The molecule has 2 aromatic heterocycles. The first-order valence-corrected chi connectivity index (χ1v) is 11.0. The zero-order chi connectivity index (χ0) is 21.8. The van der Waals surface area contributed by atoms with Crippen molar-refractivity contribution >= 4 is 22.9 Å². The molecule has 1 aliphatic rings. The van der Waals surface area contributed by atoms with Crippen LogP contribution in [-0.2, 0) is 4.79 Å². The molecule has 3 aromatic rings. The first-order chi connectivity index (χ1) is 15.1. The standard InChI is InChI=1S/C24H31N5O2/c1-18(2)29-14-9-20(26-29)21(10-17-30)27-12-5-13-28(16-15-27)24-22(31-3)8-7-19-6-4-11-25-23(19)24/h4,6-9,11,14,17-18,21H,5,10,12-13,15-16H2,1-3H3/t21-/m0/s1. The lowest BCUT2D eigenvalue weighted by molar-refractivity contribution is -0.109. The molecule has 1 fully saturated rings. The van der Waals surface area contributed by atoms with Crippen LogP contribution < -0.4 is 9.64 Å². The Morgan fingerprint density at radius 1 is 1.13 bits per heavy atom. The number of pyridine rings is 1.